The van der Waals surface area contributed by atoms with Gasteiger partial charge in [0.15, 0.2) is 0 Å². The third-order valence-corrected chi connectivity index (χ3v) is 21.3. The fraction of sp³-hybridized carbons (Fsp3) is 0.250. The molecule has 6 atom stereocenters. The van der Waals surface area contributed by atoms with Crippen molar-refractivity contribution in [2.24, 2.45) is 0 Å². The Bertz CT molecular complexity index is 3200. The van der Waals surface area contributed by atoms with Gasteiger partial charge in [0.25, 0.3) is 8.53 Å². The number of methoxy groups -OCH3 is 2. The number of urea groups is 1. The molecule has 382 valence electrons. The Morgan fingerprint density at radius 3 is 1.95 bits per heavy atom. The molecule has 4 heterocycles. The van der Waals surface area contributed by atoms with E-state index in [-0.39, 0.29) is 24.6 Å². The second-order valence-corrected chi connectivity index (χ2v) is 25.1. The Kier molecular flexibility index (Phi) is 14.8. The topological polar surface area (TPSA) is 135 Å². The first-order chi connectivity index (χ1) is 36.7. The number of carbonyl (C=O) groups excluding carboxylic acids is 1. The highest BCUT2D eigenvalue weighted by Gasteiger charge is 2.52. The van der Waals surface area contributed by atoms with Crippen LogP contribution >= 0.6 is 8.53 Å². The van der Waals surface area contributed by atoms with Crippen LogP contribution in [0.2, 0.25) is 12.6 Å². The van der Waals surface area contributed by atoms with Crippen LogP contribution in [0.4, 0.5) is 16.3 Å². The summed E-state index contributed by atoms with van der Waals surface area (Å²) in [6, 6.07) is 63.5. The van der Waals surface area contributed by atoms with Crippen molar-refractivity contribution in [3.8, 4) is 11.5 Å². The molecule has 0 spiro atoms. The molecule has 3 aliphatic heterocycles. The molecule has 3 aliphatic rings. The molecular formula is C60H60N5O8PSi. The third kappa shape index (κ3) is 10.4. The summed E-state index contributed by atoms with van der Waals surface area (Å²) in [6.45, 7) is 3.38. The minimum absolute atomic E-state index is 0.0512. The van der Waals surface area contributed by atoms with Crippen LogP contribution in [-0.2, 0) is 24.1 Å². The number of hydrogen-bond donors (Lipinski definition) is 2. The standard InChI is InChI=1S/C60H60N5O8PSi/c1-68-48-31-26-45(27-32-48)60(44-18-7-4-8-19-44,46-28-33-49(69-2)34-29-46)70-40-54-53(39-57(71-54)64-37-35-56(63-59(64)67)62-58(66)61-47-30-25-42-16-13-14-17-43(42)38-47)72-74-65-36-15-24-52(65)55(73-74)41-75(3,50-20-9-5-10-21-50)51-22-11-6-12-23-51/h4-14,16-23,25-35,37-38,52-55,57H,15,24,36,39-41H2,1-3H3,(H2,61,62,63,66,67)/t52-,53-,54+,55+,57+,74+/m0/s1. The Hall–Kier alpha value is -7.00. The molecule has 0 bridgehead atoms. The van der Waals surface area contributed by atoms with Gasteiger partial charge >= 0.3 is 11.7 Å². The number of nitrogens with one attached hydrogen (secondary N) is 2. The van der Waals surface area contributed by atoms with Crippen molar-refractivity contribution in [1.82, 2.24) is 14.2 Å². The lowest BCUT2D eigenvalue weighted by atomic mass is 9.80. The minimum atomic E-state index is -2.30. The van der Waals surface area contributed by atoms with Gasteiger partial charge < -0.3 is 33.3 Å². The SMILES string of the molecule is COc1ccc(C(OC[C@H]2O[C@@H](n3ccc(NC(=O)Nc4ccc5ccccc5c4)nc3=O)C[C@@H]2O[P@]2O[C@H](C[Si](C)(c3ccccc3)c3ccccc3)[C@@H]3CCCN32)(c2ccccc2)c2ccc(OC)cc2)cc1. The van der Waals surface area contributed by atoms with E-state index in [1.165, 1.54) is 14.9 Å². The minimum Gasteiger partial charge on any atom is -0.497 e. The second kappa shape index (κ2) is 22.1. The predicted octanol–water partition coefficient (Wildman–Crippen LogP) is 10.7. The summed E-state index contributed by atoms with van der Waals surface area (Å²) in [4.78, 5) is 31.6. The van der Waals surface area contributed by atoms with Gasteiger partial charge in [-0.15, -0.1) is 0 Å². The highest BCUT2D eigenvalue weighted by molar-refractivity contribution is 7.45. The number of amides is 2. The summed E-state index contributed by atoms with van der Waals surface area (Å²) in [5.74, 6) is 1.52. The summed E-state index contributed by atoms with van der Waals surface area (Å²) < 4.78 is 44.1. The van der Waals surface area contributed by atoms with E-state index in [0.29, 0.717) is 23.6 Å². The summed E-state index contributed by atoms with van der Waals surface area (Å²) in [6.07, 6.45) is 1.90. The van der Waals surface area contributed by atoms with E-state index in [4.69, 9.17) is 28.0 Å². The highest BCUT2D eigenvalue weighted by atomic mass is 31.2. The molecule has 1 aromatic heterocycles. The number of aromatic nitrogens is 2. The van der Waals surface area contributed by atoms with Crippen LogP contribution in [0.15, 0.2) is 199 Å². The molecule has 0 aliphatic carbocycles. The van der Waals surface area contributed by atoms with E-state index in [2.05, 4.69) is 99.6 Å². The average Bonchev–Trinajstić information content (AvgIpc) is 4.19. The zero-order valence-electron chi connectivity index (χ0n) is 42.2. The van der Waals surface area contributed by atoms with Crippen LogP contribution in [0.25, 0.3) is 10.8 Å². The first-order valence-electron chi connectivity index (χ1n) is 25.5. The largest absolute Gasteiger partial charge is 0.497 e. The Labute approximate surface area is 439 Å². The van der Waals surface area contributed by atoms with Gasteiger partial charge in [0.2, 0.25) is 0 Å². The Morgan fingerprint density at radius 1 is 0.720 bits per heavy atom. The van der Waals surface area contributed by atoms with Crippen molar-refractivity contribution < 1.29 is 32.8 Å². The lowest BCUT2D eigenvalue weighted by Gasteiger charge is -2.37. The maximum absolute atomic E-state index is 14.1. The number of hydrogen-bond acceptors (Lipinski definition) is 10. The van der Waals surface area contributed by atoms with E-state index in [1.54, 1.807) is 26.5 Å². The molecule has 11 rings (SSSR count). The molecule has 2 N–H and O–H groups in total. The van der Waals surface area contributed by atoms with E-state index < -0.39 is 52.4 Å². The van der Waals surface area contributed by atoms with Gasteiger partial charge in [-0.25, -0.2) is 14.3 Å². The van der Waals surface area contributed by atoms with Gasteiger partial charge in [0.1, 0.15) is 43.3 Å². The zero-order valence-corrected chi connectivity index (χ0v) is 44.1. The molecule has 8 aromatic rings. The predicted molar refractivity (Wildman–Crippen MR) is 297 cm³/mol. The summed E-state index contributed by atoms with van der Waals surface area (Å²) >= 11 is 0. The third-order valence-electron chi connectivity index (χ3n) is 15.0. The van der Waals surface area contributed by atoms with Gasteiger partial charge in [0.05, 0.1) is 33.0 Å². The molecule has 75 heavy (non-hydrogen) atoms. The molecule has 3 saturated heterocycles. The number of benzene rings is 7. The maximum Gasteiger partial charge on any atom is 0.351 e. The molecule has 2 amide bonds. The monoisotopic (exact) mass is 1040 g/mol. The molecule has 7 aromatic carbocycles. The van der Waals surface area contributed by atoms with Crippen LogP contribution in [0.1, 0.15) is 42.2 Å². The first kappa shape index (κ1) is 50.2. The molecule has 15 heteroatoms. The summed E-state index contributed by atoms with van der Waals surface area (Å²) in [7, 11) is -0.537. The summed E-state index contributed by atoms with van der Waals surface area (Å²) in [5, 5.41) is 10.4. The first-order valence-corrected chi connectivity index (χ1v) is 29.4. The van der Waals surface area contributed by atoms with Crippen LogP contribution in [0.3, 0.4) is 0 Å². The number of ether oxygens (including phenoxy) is 4. The lowest BCUT2D eigenvalue weighted by molar-refractivity contribution is -0.0919. The smallest absolute Gasteiger partial charge is 0.351 e. The number of nitrogens with zero attached hydrogens (tertiary/aromatic N) is 3. The van der Waals surface area contributed by atoms with Crippen molar-refractivity contribution >= 4 is 55.3 Å². The lowest BCUT2D eigenvalue weighted by Crippen LogP contribution is -2.58. The van der Waals surface area contributed by atoms with Crippen LogP contribution in [0, 0.1) is 0 Å². The van der Waals surface area contributed by atoms with Gasteiger partial charge in [0, 0.05) is 30.9 Å². The van der Waals surface area contributed by atoms with E-state index in [0.717, 1.165) is 52.9 Å². The average molecular weight is 1040 g/mol. The zero-order chi connectivity index (χ0) is 51.4. The summed E-state index contributed by atoms with van der Waals surface area (Å²) in [5.41, 5.74) is 1.51. The van der Waals surface area contributed by atoms with Crippen molar-refractivity contribution in [1.29, 1.82) is 0 Å². The van der Waals surface area contributed by atoms with Crippen LogP contribution in [0.5, 0.6) is 11.5 Å². The van der Waals surface area contributed by atoms with E-state index in [1.807, 2.05) is 109 Å². The van der Waals surface area contributed by atoms with Crippen LogP contribution < -0.4 is 36.2 Å². The van der Waals surface area contributed by atoms with Crippen molar-refractivity contribution in [2.45, 2.75) is 68.0 Å². The Balaban J connectivity index is 0.905. The number of carbonyl (C=O) groups is 1. The number of anilines is 2. The fourth-order valence-corrected chi connectivity index (χ4v) is 17.0. The van der Waals surface area contributed by atoms with Crippen molar-refractivity contribution in [3.63, 3.8) is 0 Å². The molecule has 3 fully saturated rings. The molecular weight excluding hydrogens is 978 g/mol. The fourth-order valence-electron chi connectivity index (χ4n) is 11.1. The molecule has 0 saturated carbocycles. The molecule has 13 nitrogen and oxygen atoms in total. The quantitative estimate of drug-likeness (QED) is 0.0516. The normalized spacial score (nSPS) is 20.7. The van der Waals surface area contributed by atoms with Crippen LogP contribution in [-0.4, -0.2) is 80.1 Å². The van der Waals surface area contributed by atoms with Crippen molar-refractivity contribution in [2.75, 3.05) is 38.0 Å². The second-order valence-electron chi connectivity index (χ2n) is 19.5. The van der Waals surface area contributed by atoms with Gasteiger partial charge in [-0.2, -0.15) is 4.98 Å². The molecule has 0 unspecified atom stereocenters. The van der Waals surface area contributed by atoms with E-state index >= 15 is 0 Å². The highest BCUT2D eigenvalue weighted by Crippen LogP contribution is 2.59. The van der Waals surface area contributed by atoms with Gasteiger partial charge in [-0.05, 0) is 88.8 Å². The number of rotatable bonds is 17. The number of fused-ring (bicyclic) bond motifs is 2. The van der Waals surface area contributed by atoms with Gasteiger partial charge in [-0.1, -0.05) is 163 Å². The van der Waals surface area contributed by atoms with Gasteiger partial charge in [-0.3, -0.25) is 9.88 Å². The maximum atomic E-state index is 14.1. The van der Waals surface area contributed by atoms with E-state index in [9.17, 15) is 9.59 Å². The van der Waals surface area contributed by atoms with Crippen molar-refractivity contribution in [3.05, 3.63) is 221 Å². The molecule has 0 radical (unpaired) electrons. The Morgan fingerprint density at radius 2 is 1.32 bits per heavy atom.